The van der Waals surface area contributed by atoms with Crippen LogP contribution in [0.25, 0.3) is 64.9 Å². The van der Waals surface area contributed by atoms with Crippen LogP contribution in [-0.4, -0.2) is 15.6 Å². The minimum absolute atomic E-state index is 0.143. The van der Waals surface area contributed by atoms with Gasteiger partial charge in [0.05, 0.1) is 11.2 Å². The Kier molecular flexibility index (Phi) is 7.19. The number of hydrogen-bond acceptors (Lipinski definition) is 2. The highest BCUT2D eigenvalue weighted by atomic mass is 16.3. The maximum atomic E-state index is 14.8. The fraction of sp³-hybridized carbons (Fsp3) is 0.283. The predicted molar refractivity (Wildman–Crippen MR) is 211 cm³/mol. The van der Waals surface area contributed by atoms with Crippen LogP contribution in [0, 0.1) is 0 Å². The second-order valence-electron chi connectivity index (χ2n) is 15.0. The van der Waals surface area contributed by atoms with Crippen molar-refractivity contribution >= 4 is 76.5 Å². The molecule has 4 heteroatoms. The molecule has 50 heavy (non-hydrogen) atoms. The summed E-state index contributed by atoms with van der Waals surface area (Å²) in [4.78, 5) is 16.4. The molecule has 1 amide bonds. The number of benzene rings is 7. The number of amides is 1. The third kappa shape index (κ3) is 4.24. The first-order valence-corrected chi connectivity index (χ1v) is 18.5. The monoisotopic (exact) mass is 656 g/mol. The molecule has 7 aromatic carbocycles. The number of hydrogen-bond donors (Lipinski definition) is 1. The van der Waals surface area contributed by atoms with E-state index >= 15 is 0 Å². The number of aliphatic hydroxyl groups excluding tert-OH is 1. The van der Waals surface area contributed by atoms with Crippen LogP contribution in [0.15, 0.2) is 91.0 Å². The van der Waals surface area contributed by atoms with E-state index in [1.54, 1.807) is 4.90 Å². The highest BCUT2D eigenvalue weighted by Gasteiger charge is 2.38. The van der Waals surface area contributed by atoms with E-state index in [-0.39, 0.29) is 17.7 Å². The Morgan fingerprint density at radius 3 is 2.04 bits per heavy atom. The largest absolute Gasteiger partial charge is 0.369 e. The standard InChI is InChI=1S/C46H44N2O2/c1-6-7-8-11-24-47-38-19-10-9-14-33(38)41-34-18-13-17-30-31-20-22-35-43-36(23-21-32(42(31)43)37(40(30)34)25-39(41)47)46(50)48(45(35)49)44-28(26(2)3)15-12-16-29(44)27(4)5/h9-10,12-23,25-27,45,49H,6-8,11,24H2,1-5H3. The summed E-state index contributed by atoms with van der Waals surface area (Å²) in [6.45, 7) is 11.9. The molecule has 0 bridgehead atoms. The average Bonchev–Trinajstić information content (AvgIpc) is 3.44. The van der Waals surface area contributed by atoms with E-state index in [0.29, 0.717) is 5.56 Å². The zero-order valence-electron chi connectivity index (χ0n) is 29.7. The van der Waals surface area contributed by atoms with E-state index in [0.717, 1.165) is 56.9 Å². The van der Waals surface area contributed by atoms with Crippen molar-refractivity contribution in [2.24, 2.45) is 0 Å². The number of aryl methyl sites for hydroxylation is 1. The molecule has 1 aliphatic heterocycles. The second-order valence-corrected chi connectivity index (χ2v) is 15.0. The van der Waals surface area contributed by atoms with Crippen molar-refractivity contribution in [3.8, 4) is 0 Å². The Balaban J connectivity index is 1.34. The molecule has 0 radical (unpaired) electrons. The van der Waals surface area contributed by atoms with Gasteiger partial charge in [-0.15, -0.1) is 0 Å². The van der Waals surface area contributed by atoms with Crippen molar-refractivity contribution in [3.63, 3.8) is 0 Å². The first-order valence-electron chi connectivity index (χ1n) is 18.5. The van der Waals surface area contributed by atoms with Crippen LogP contribution < -0.4 is 4.90 Å². The molecule has 250 valence electrons. The number of fused-ring (bicyclic) bond motifs is 6. The third-order valence-corrected chi connectivity index (χ3v) is 11.5. The van der Waals surface area contributed by atoms with Crippen LogP contribution >= 0.6 is 0 Å². The lowest BCUT2D eigenvalue weighted by molar-refractivity contribution is 0.0878. The van der Waals surface area contributed by atoms with Gasteiger partial charge < -0.3 is 9.67 Å². The fourth-order valence-corrected chi connectivity index (χ4v) is 9.15. The number of unbranched alkanes of at least 4 members (excludes halogenated alkanes) is 3. The summed E-state index contributed by atoms with van der Waals surface area (Å²) in [5.41, 5.74) is 6.99. The summed E-state index contributed by atoms with van der Waals surface area (Å²) < 4.78 is 2.53. The zero-order chi connectivity index (χ0) is 34.4. The van der Waals surface area contributed by atoms with Gasteiger partial charge in [-0.25, -0.2) is 0 Å². The van der Waals surface area contributed by atoms with Crippen molar-refractivity contribution in [1.29, 1.82) is 0 Å². The highest BCUT2D eigenvalue weighted by Crippen LogP contribution is 2.50. The van der Waals surface area contributed by atoms with E-state index < -0.39 is 6.23 Å². The van der Waals surface area contributed by atoms with Gasteiger partial charge in [0.15, 0.2) is 6.23 Å². The molecule has 0 aliphatic carbocycles. The topological polar surface area (TPSA) is 45.5 Å². The summed E-state index contributed by atoms with van der Waals surface area (Å²) >= 11 is 0. The number of carbonyl (C=O) groups excluding carboxylic acids is 1. The summed E-state index contributed by atoms with van der Waals surface area (Å²) in [7, 11) is 0. The lowest BCUT2D eigenvalue weighted by Gasteiger charge is -2.37. The maximum Gasteiger partial charge on any atom is 0.261 e. The van der Waals surface area contributed by atoms with Crippen molar-refractivity contribution in [3.05, 3.63) is 113 Å². The molecule has 2 heterocycles. The Hall–Kier alpha value is -4.93. The number of carbonyl (C=O) groups is 1. The van der Waals surface area contributed by atoms with Gasteiger partial charge in [-0.1, -0.05) is 127 Å². The summed E-state index contributed by atoms with van der Waals surface area (Å²) in [5.74, 6) is 0.239. The first kappa shape index (κ1) is 31.1. The van der Waals surface area contributed by atoms with E-state index in [1.165, 1.54) is 62.6 Å². The molecule has 4 nitrogen and oxygen atoms in total. The van der Waals surface area contributed by atoms with Gasteiger partial charge in [0.2, 0.25) is 0 Å². The van der Waals surface area contributed by atoms with E-state index in [4.69, 9.17) is 0 Å². The van der Waals surface area contributed by atoms with Crippen LogP contribution in [0.2, 0.25) is 0 Å². The van der Waals surface area contributed by atoms with E-state index in [9.17, 15) is 9.90 Å². The fourth-order valence-electron chi connectivity index (χ4n) is 9.15. The van der Waals surface area contributed by atoms with Gasteiger partial charge in [-0.2, -0.15) is 0 Å². The van der Waals surface area contributed by atoms with Crippen LogP contribution in [-0.2, 0) is 6.54 Å². The molecule has 0 saturated carbocycles. The summed E-state index contributed by atoms with van der Waals surface area (Å²) in [6.07, 6.45) is 3.75. The normalized spacial score (nSPS) is 15.2. The Morgan fingerprint density at radius 1 is 0.620 bits per heavy atom. The predicted octanol–water partition coefficient (Wildman–Crippen LogP) is 12.3. The van der Waals surface area contributed by atoms with Gasteiger partial charge in [0.1, 0.15) is 0 Å². The molecule has 0 saturated heterocycles. The molecule has 1 unspecified atom stereocenters. The minimum Gasteiger partial charge on any atom is -0.369 e. The van der Waals surface area contributed by atoms with E-state index in [2.05, 4.69) is 124 Å². The van der Waals surface area contributed by atoms with Crippen molar-refractivity contribution in [1.82, 2.24) is 4.57 Å². The number of para-hydroxylation sites is 2. The summed E-state index contributed by atoms with van der Waals surface area (Å²) in [6, 6.07) is 32.7. The molecule has 0 fully saturated rings. The van der Waals surface area contributed by atoms with E-state index in [1.807, 2.05) is 6.07 Å². The Labute approximate surface area is 293 Å². The molecular weight excluding hydrogens is 613 g/mol. The highest BCUT2D eigenvalue weighted by molar-refractivity contribution is 6.39. The molecule has 1 atom stereocenters. The quantitative estimate of drug-likeness (QED) is 0.100. The SMILES string of the molecule is CCCCCCn1c2ccccc2c2c3cccc4c5ccc6c7c(ccc(c(cc21)c43)c75)C(=O)N(c1c(C(C)C)cccc1C(C)C)C6O. The number of aliphatic hydroxyl groups is 1. The van der Waals surface area contributed by atoms with Gasteiger partial charge in [-0.05, 0) is 85.3 Å². The number of nitrogens with zero attached hydrogens (tertiary/aromatic N) is 2. The lowest BCUT2D eigenvalue weighted by Crippen LogP contribution is -2.39. The molecule has 8 aromatic rings. The molecule has 0 spiro atoms. The Bertz CT molecular complexity index is 2620. The lowest BCUT2D eigenvalue weighted by atomic mass is 9.83. The molecule has 1 aliphatic rings. The van der Waals surface area contributed by atoms with Gasteiger partial charge in [0.25, 0.3) is 5.91 Å². The minimum atomic E-state index is -1.10. The van der Waals surface area contributed by atoms with Crippen LogP contribution in [0.4, 0.5) is 5.69 Å². The zero-order valence-corrected chi connectivity index (χ0v) is 29.7. The molecule has 9 rings (SSSR count). The molecular formula is C46H44N2O2. The first-order chi connectivity index (χ1) is 24.3. The van der Waals surface area contributed by atoms with Crippen LogP contribution in [0.3, 0.4) is 0 Å². The molecule has 1 aromatic heterocycles. The van der Waals surface area contributed by atoms with Crippen LogP contribution in [0.5, 0.6) is 0 Å². The van der Waals surface area contributed by atoms with Crippen molar-refractivity contribution in [2.75, 3.05) is 4.90 Å². The number of rotatable bonds is 8. The van der Waals surface area contributed by atoms with Crippen molar-refractivity contribution < 1.29 is 9.90 Å². The van der Waals surface area contributed by atoms with Gasteiger partial charge >= 0.3 is 0 Å². The number of aromatic nitrogens is 1. The van der Waals surface area contributed by atoms with Gasteiger partial charge in [-0.3, -0.25) is 9.69 Å². The Morgan fingerprint density at radius 2 is 1.28 bits per heavy atom. The smallest absolute Gasteiger partial charge is 0.261 e. The van der Waals surface area contributed by atoms with Crippen LogP contribution in [0.1, 0.15) is 105 Å². The summed E-state index contributed by atoms with van der Waals surface area (Å²) in [5, 5.41) is 24.0. The average molecular weight is 657 g/mol. The molecule has 1 N–H and O–H groups in total. The van der Waals surface area contributed by atoms with Crippen molar-refractivity contribution in [2.45, 2.75) is 84.9 Å². The maximum absolute atomic E-state index is 14.8. The second kappa shape index (κ2) is 11.6. The third-order valence-electron chi connectivity index (χ3n) is 11.5. The number of anilines is 1. The van der Waals surface area contributed by atoms with Gasteiger partial charge in [0, 0.05) is 39.3 Å².